The highest BCUT2D eigenvalue weighted by Gasteiger charge is 2.12. The Hall–Kier alpha value is -6.31. The molecule has 0 amide bonds. The summed E-state index contributed by atoms with van der Waals surface area (Å²) in [5.74, 6) is 0. The molecule has 0 aliphatic rings. The third kappa shape index (κ3) is 7.06. The molecule has 8 aromatic rings. The lowest BCUT2D eigenvalue weighted by molar-refractivity contribution is 1.32. The van der Waals surface area contributed by atoms with Gasteiger partial charge >= 0.3 is 0 Å². The van der Waals surface area contributed by atoms with Crippen molar-refractivity contribution in [2.75, 3.05) is 0 Å². The van der Waals surface area contributed by atoms with E-state index >= 15 is 0 Å². The normalized spacial score (nSPS) is 11.0. The lowest BCUT2D eigenvalue weighted by Gasteiger charge is -2.13. The van der Waals surface area contributed by atoms with Crippen molar-refractivity contribution in [2.45, 2.75) is 20.8 Å². The Labute approximate surface area is 301 Å². The Morgan fingerprint density at radius 2 is 0.569 bits per heavy atom. The average Bonchev–Trinajstić information content (AvgIpc) is 3.18. The van der Waals surface area contributed by atoms with Crippen molar-refractivity contribution >= 4 is 0 Å². The fraction of sp³-hybridized carbons (Fsp3) is 0.0600. The molecule has 0 fully saturated rings. The van der Waals surface area contributed by atoms with Crippen molar-refractivity contribution in [2.24, 2.45) is 0 Å². The van der Waals surface area contributed by atoms with Gasteiger partial charge in [-0.25, -0.2) is 4.98 Å². The number of hydrogen-bond acceptors (Lipinski definition) is 1. The van der Waals surface area contributed by atoms with Gasteiger partial charge in [-0.1, -0.05) is 163 Å². The van der Waals surface area contributed by atoms with Gasteiger partial charge in [-0.3, -0.25) is 0 Å². The predicted molar refractivity (Wildman–Crippen MR) is 216 cm³/mol. The van der Waals surface area contributed by atoms with Crippen molar-refractivity contribution in [3.8, 4) is 78.1 Å². The third-order valence-corrected chi connectivity index (χ3v) is 9.57. The molecule has 0 bridgehead atoms. The standard InChI is InChI=1S/C50H39N/c1-34-11-10-16-43(25-34)48-32-49(41-21-17-39(18-22-41)46-28-35(2)26-44(30-46)37-12-6-4-7-13-37)51-50(33-48)42-23-19-40(20-24-42)47-29-36(3)27-45(31-47)38-14-8-5-9-15-38/h4-33H,1-3H3. The maximum absolute atomic E-state index is 5.26. The van der Waals surface area contributed by atoms with Crippen molar-refractivity contribution in [1.29, 1.82) is 0 Å². The first-order valence-corrected chi connectivity index (χ1v) is 17.6. The first kappa shape index (κ1) is 31.9. The highest BCUT2D eigenvalue weighted by Crippen LogP contribution is 2.35. The van der Waals surface area contributed by atoms with Crippen LogP contribution in [0.4, 0.5) is 0 Å². The summed E-state index contributed by atoms with van der Waals surface area (Å²) in [4.78, 5) is 5.26. The number of hydrogen-bond donors (Lipinski definition) is 0. The van der Waals surface area contributed by atoms with Crippen LogP contribution in [-0.2, 0) is 0 Å². The molecule has 0 aliphatic carbocycles. The molecule has 0 saturated carbocycles. The molecule has 0 N–H and O–H groups in total. The topological polar surface area (TPSA) is 12.9 Å². The molecule has 244 valence electrons. The van der Waals surface area contributed by atoms with Crippen LogP contribution in [0.15, 0.2) is 182 Å². The number of aromatic nitrogens is 1. The fourth-order valence-corrected chi connectivity index (χ4v) is 6.98. The Kier molecular flexibility index (Phi) is 8.70. The van der Waals surface area contributed by atoms with E-state index < -0.39 is 0 Å². The molecule has 1 aromatic heterocycles. The van der Waals surface area contributed by atoms with Crippen molar-refractivity contribution in [3.05, 3.63) is 199 Å². The minimum absolute atomic E-state index is 0.958. The molecule has 51 heavy (non-hydrogen) atoms. The second kappa shape index (κ2) is 13.9. The van der Waals surface area contributed by atoms with E-state index in [2.05, 4.69) is 203 Å². The Morgan fingerprint density at radius 1 is 0.235 bits per heavy atom. The first-order chi connectivity index (χ1) is 24.9. The summed E-state index contributed by atoms with van der Waals surface area (Å²) >= 11 is 0. The van der Waals surface area contributed by atoms with E-state index in [1.165, 1.54) is 66.8 Å². The van der Waals surface area contributed by atoms with Gasteiger partial charge in [-0.15, -0.1) is 0 Å². The molecule has 0 unspecified atom stereocenters. The summed E-state index contributed by atoms with van der Waals surface area (Å²) in [7, 11) is 0. The minimum atomic E-state index is 0.958. The zero-order valence-corrected chi connectivity index (χ0v) is 29.3. The average molecular weight is 654 g/mol. The van der Waals surface area contributed by atoms with Gasteiger partial charge in [0.1, 0.15) is 0 Å². The summed E-state index contributed by atoms with van der Waals surface area (Å²) in [5, 5.41) is 0. The zero-order valence-electron chi connectivity index (χ0n) is 29.3. The maximum atomic E-state index is 5.26. The van der Waals surface area contributed by atoms with E-state index in [9.17, 15) is 0 Å². The summed E-state index contributed by atoms with van der Waals surface area (Å²) in [6.07, 6.45) is 0. The molecule has 0 radical (unpaired) electrons. The molecule has 8 rings (SSSR count). The monoisotopic (exact) mass is 653 g/mol. The van der Waals surface area contributed by atoms with Gasteiger partial charge in [0.25, 0.3) is 0 Å². The van der Waals surface area contributed by atoms with Gasteiger partial charge in [0.2, 0.25) is 0 Å². The molecular weight excluding hydrogens is 615 g/mol. The number of rotatable bonds is 7. The van der Waals surface area contributed by atoms with Gasteiger partial charge in [0, 0.05) is 11.1 Å². The summed E-state index contributed by atoms with van der Waals surface area (Å²) in [6, 6.07) is 65.7. The molecule has 0 spiro atoms. The highest BCUT2D eigenvalue weighted by molar-refractivity contribution is 5.81. The van der Waals surface area contributed by atoms with Crippen molar-refractivity contribution in [3.63, 3.8) is 0 Å². The molecular formula is C50H39N. The summed E-state index contributed by atoms with van der Waals surface area (Å²) < 4.78 is 0. The van der Waals surface area contributed by atoms with E-state index in [0.717, 1.165) is 28.1 Å². The second-order valence-electron chi connectivity index (χ2n) is 13.6. The van der Waals surface area contributed by atoms with E-state index in [0.29, 0.717) is 0 Å². The van der Waals surface area contributed by atoms with Crippen LogP contribution in [0, 0.1) is 20.8 Å². The Bertz CT molecular complexity index is 2310. The molecule has 1 heteroatoms. The summed E-state index contributed by atoms with van der Waals surface area (Å²) in [6.45, 7) is 6.48. The van der Waals surface area contributed by atoms with E-state index in [-0.39, 0.29) is 0 Å². The second-order valence-corrected chi connectivity index (χ2v) is 13.6. The number of nitrogens with zero attached hydrogens (tertiary/aromatic N) is 1. The predicted octanol–water partition coefficient (Wildman–Crippen LogP) is 13.7. The zero-order chi connectivity index (χ0) is 34.7. The Balaban J connectivity index is 1.15. The quantitative estimate of drug-likeness (QED) is 0.167. The molecule has 0 saturated heterocycles. The largest absolute Gasteiger partial charge is 0.248 e. The lowest BCUT2D eigenvalue weighted by atomic mass is 9.94. The number of aryl methyl sites for hydroxylation is 3. The molecule has 1 heterocycles. The van der Waals surface area contributed by atoms with Crippen molar-refractivity contribution in [1.82, 2.24) is 4.98 Å². The maximum Gasteiger partial charge on any atom is 0.0715 e. The van der Waals surface area contributed by atoms with Gasteiger partial charge in [0.05, 0.1) is 11.4 Å². The van der Waals surface area contributed by atoms with Crippen LogP contribution < -0.4 is 0 Å². The molecule has 1 nitrogen and oxygen atoms in total. The van der Waals surface area contributed by atoms with Gasteiger partial charge in [-0.2, -0.15) is 0 Å². The van der Waals surface area contributed by atoms with Crippen LogP contribution in [0.3, 0.4) is 0 Å². The van der Waals surface area contributed by atoms with Gasteiger partial charge in [-0.05, 0) is 112 Å². The lowest BCUT2D eigenvalue weighted by Crippen LogP contribution is -1.92. The van der Waals surface area contributed by atoms with Crippen LogP contribution in [-0.4, -0.2) is 4.98 Å². The third-order valence-electron chi connectivity index (χ3n) is 9.57. The minimum Gasteiger partial charge on any atom is -0.248 e. The van der Waals surface area contributed by atoms with E-state index in [1.807, 2.05) is 0 Å². The summed E-state index contributed by atoms with van der Waals surface area (Å²) in [5.41, 5.74) is 19.9. The number of benzene rings is 7. The number of pyridine rings is 1. The smallest absolute Gasteiger partial charge is 0.0715 e. The van der Waals surface area contributed by atoms with Crippen LogP contribution in [0.5, 0.6) is 0 Å². The van der Waals surface area contributed by atoms with Crippen LogP contribution in [0.1, 0.15) is 16.7 Å². The molecule has 0 aliphatic heterocycles. The Morgan fingerprint density at radius 3 is 0.980 bits per heavy atom. The van der Waals surface area contributed by atoms with E-state index in [1.54, 1.807) is 0 Å². The van der Waals surface area contributed by atoms with Crippen molar-refractivity contribution < 1.29 is 0 Å². The first-order valence-electron chi connectivity index (χ1n) is 17.6. The van der Waals surface area contributed by atoms with E-state index in [4.69, 9.17) is 4.98 Å². The molecule has 0 atom stereocenters. The van der Waals surface area contributed by atoms with Gasteiger partial charge < -0.3 is 0 Å². The van der Waals surface area contributed by atoms with Crippen LogP contribution in [0.2, 0.25) is 0 Å². The van der Waals surface area contributed by atoms with Crippen LogP contribution in [0.25, 0.3) is 78.1 Å². The highest BCUT2D eigenvalue weighted by atomic mass is 14.7. The van der Waals surface area contributed by atoms with Crippen LogP contribution >= 0.6 is 0 Å². The molecule has 7 aromatic carbocycles. The fourth-order valence-electron chi connectivity index (χ4n) is 6.98. The SMILES string of the molecule is Cc1cccc(-c2cc(-c3ccc(-c4cc(C)cc(-c5ccccc5)c4)cc3)nc(-c3ccc(-c4cc(C)cc(-c5ccccc5)c4)cc3)c2)c1. The van der Waals surface area contributed by atoms with Gasteiger partial charge in [0.15, 0.2) is 0 Å².